The van der Waals surface area contributed by atoms with Crippen LogP contribution >= 0.6 is 0 Å². The van der Waals surface area contributed by atoms with Gasteiger partial charge < -0.3 is 15.0 Å². The number of carbonyl (C=O) groups is 2. The van der Waals surface area contributed by atoms with Crippen LogP contribution < -0.4 is 10.1 Å². The van der Waals surface area contributed by atoms with Crippen molar-refractivity contribution >= 4 is 11.8 Å². The van der Waals surface area contributed by atoms with Gasteiger partial charge in [-0.1, -0.05) is 32.9 Å². The summed E-state index contributed by atoms with van der Waals surface area (Å²) in [5.74, 6) is 0.526. The summed E-state index contributed by atoms with van der Waals surface area (Å²) in [6.45, 7) is 8.33. The Morgan fingerprint density at radius 1 is 1.27 bits per heavy atom. The molecule has 0 fully saturated rings. The lowest BCUT2D eigenvalue weighted by Gasteiger charge is -2.21. The van der Waals surface area contributed by atoms with Crippen LogP contribution in [0.4, 0.5) is 0 Å². The van der Waals surface area contributed by atoms with Crippen LogP contribution in [0.15, 0.2) is 24.3 Å². The Bertz CT molecular complexity index is 521. The van der Waals surface area contributed by atoms with E-state index in [4.69, 9.17) is 4.74 Å². The first kappa shape index (κ1) is 18.0. The van der Waals surface area contributed by atoms with Crippen LogP contribution in [0, 0.1) is 12.3 Å². The molecule has 1 rings (SSSR count). The number of rotatable bonds is 6. The zero-order valence-electron chi connectivity index (χ0n) is 14.1. The number of nitrogens with one attached hydrogen (secondary N) is 1. The minimum atomic E-state index is -0.493. The van der Waals surface area contributed by atoms with Gasteiger partial charge in [0, 0.05) is 12.5 Å². The van der Waals surface area contributed by atoms with E-state index < -0.39 is 5.41 Å². The monoisotopic (exact) mass is 306 g/mol. The van der Waals surface area contributed by atoms with Gasteiger partial charge >= 0.3 is 0 Å². The Hall–Kier alpha value is -2.04. The molecular formula is C17H26N2O3. The molecule has 5 heteroatoms. The summed E-state index contributed by atoms with van der Waals surface area (Å²) in [6.07, 6.45) is 0. The molecule has 1 aromatic carbocycles. The van der Waals surface area contributed by atoms with E-state index in [-0.39, 0.29) is 18.4 Å². The molecule has 0 spiro atoms. The fourth-order valence-electron chi connectivity index (χ4n) is 1.69. The molecule has 0 bridgehead atoms. The molecule has 122 valence electrons. The molecule has 0 aliphatic carbocycles. The third-order valence-electron chi connectivity index (χ3n) is 3.19. The van der Waals surface area contributed by atoms with Crippen molar-refractivity contribution in [3.8, 4) is 5.75 Å². The molecule has 0 radical (unpaired) electrons. The van der Waals surface area contributed by atoms with Crippen molar-refractivity contribution in [2.45, 2.75) is 27.7 Å². The van der Waals surface area contributed by atoms with Crippen LogP contribution in [0.25, 0.3) is 0 Å². The number of hydrogen-bond acceptors (Lipinski definition) is 3. The van der Waals surface area contributed by atoms with E-state index >= 15 is 0 Å². The first-order chi connectivity index (χ1) is 10.2. The van der Waals surface area contributed by atoms with Gasteiger partial charge in [-0.15, -0.1) is 0 Å². The Kier molecular flexibility index (Phi) is 6.40. The van der Waals surface area contributed by atoms with E-state index in [0.29, 0.717) is 13.2 Å². The smallest absolute Gasteiger partial charge is 0.241 e. The second-order valence-corrected chi connectivity index (χ2v) is 6.41. The number of amides is 2. The van der Waals surface area contributed by atoms with E-state index in [0.717, 1.165) is 11.3 Å². The minimum absolute atomic E-state index is 0.0110. The zero-order chi connectivity index (χ0) is 16.8. The van der Waals surface area contributed by atoms with Crippen molar-refractivity contribution in [3.63, 3.8) is 0 Å². The fraction of sp³-hybridized carbons (Fsp3) is 0.529. The number of nitrogens with zero attached hydrogens (tertiary/aromatic N) is 1. The molecule has 0 atom stereocenters. The molecule has 1 aromatic rings. The van der Waals surface area contributed by atoms with Gasteiger partial charge in [-0.25, -0.2) is 0 Å². The molecule has 0 aliphatic heterocycles. The van der Waals surface area contributed by atoms with E-state index in [1.807, 2.05) is 52.0 Å². The van der Waals surface area contributed by atoms with Gasteiger partial charge in [0.1, 0.15) is 12.4 Å². The Balaban J connectivity index is 2.31. The van der Waals surface area contributed by atoms with Crippen LogP contribution in [-0.2, 0) is 9.59 Å². The summed E-state index contributed by atoms with van der Waals surface area (Å²) in [5, 5.41) is 2.65. The predicted molar refractivity (Wildman–Crippen MR) is 86.8 cm³/mol. The Labute approximate surface area is 132 Å². The van der Waals surface area contributed by atoms with Gasteiger partial charge in [-0.2, -0.15) is 0 Å². The summed E-state index contributed by atoms with van der Waals surface area (Å²) in [6, 6.07) is 7.77. The average Bonchev–Trinajstić information content (AvgIpc) is 2.43. The van der Waals surface area contributed by atoms with Gasteiger partial charge in [-0.3, -0.25) is 9.59 Å². The van der Waals surface area contributed by atoms with Gasteiger partial charge in [0.05, 0.1) is 13.1 Å². The number of carbonyl (C=O) groups excluding carboxylic acids is 2. The first-order valence-electron chi connectivity index (χ1n) is 7.42. The number of ether oxygens (including phenoxy) is 1. The molecular weight excluding hydrogens is 280 g/mol. The van der Waals surface area contributed by atoms with Gasteiger partial charge in [-0.05, 0) is 24.6 Å². The van der Waals surface area contributed by atoms with Crippen molar-refractivity contribution in [1.29, 1.82) is 0 Å². The predicted octanol–water partition coefficient (Wildman–Crippen LogP) is 1.99. The summed E-state index contributed by atoms with van der Waals surface area (Å²) in [7, 11) is 1.70. The summed E-state index contributed by atoms with van der Waals surface area (Å²) >= 11 is 0. The Morgan fingerprint density at radius 2 is 1.95 bits per heavy atom. The summed E-state index contributed by atoms with van der Waals surface area (Å²) in [5.41, 5.74) is 0.638. The van der Waals surface area contributed by atoms with Gasteiger partial charge in [0.15, 0.2) is 0 Å². The quantitative estimate of drug-likeness (QED) is 0.874. The highest BCUT2D eigenvalue weighted by molar-refractivity contribution is 5.87. The van der Waals surface area contributed by atoms with E-state index in [2.05, 4.69) is 5.32 Å². The maximum absolute atomic E-state index is 11.9. The van der Waals surface area contributed by atoms with E-state index in [1.54, 1.807) is 11.9 Å². The van der Waals surface area contributed by atoms with E-state index in [1.165, 1.54) is 0 Å². The van der Waals surface area contributed by atoms with Gasteiger partial charge in [0.2, 0.25) is 11.8 Å². The van der Waals surface area contributed by atoms with Crippen molar-refractivity contribution in [3.05, 3.63) is 29.8 Å². The van der Waals surface area contributed by atoms with E-state index in [9.17, 15) is 9.59 Å². The molecule has 0 unspecified atom stereocenters. The SMILES string of the molecule is Cc1cccc(OCCN(C)C(=O)CNC(=O)C(C)(C)C)c1. The molecule has 0 aliphatic rings. The standard InChI is InChI=1S/C17H26N2O3/c1-13-7-6-8-14(11-13)22-10-9-19(5)15(20)12-18-16(21)17(2,3)4/h6-8,11H,9-10,12H2,1-5H3,(H,18,21). The molecule has 0 saturated carbocycles. The molecule has 1 N–H and O–H groups in total. The summed E-state index contributed by atoms with van der Waals surface area (Å²) < 4.78 is 5.61. The highest BCUT2D eigenvalue weighted by Gasteiger charge is 2.21. The van der Waals surface area contributed by atoms with Crippen LogP contribution in [0.3, 0.4) is 0 Å². The first-order valence-corrected chi connectivity index (χ1v) is 7.42. The molecule has 2 amide bonds. The average molecular weight is 306 g/mol. The number of benzene rings is 1. The van der Waals surface area contributed by atoms with Crippen molar-refractivity contribution in [1.82, 2.24) is 10.2 Å². The highest BCUT2D eigenvalue weighted by Crippen LogP contribution is 2.13. The second kappa shape index (κ2) is 7.82. The molecule has 0 aromatic heterocycles. The van der Waals surface area contributed by atoms with Crippen LogP contribution in [-0.4, -0.2) is 43.5 Å². The maximum Gasteiger partial charge on any atom is 0.241 e. The number of hydrogen-bond donors (Lipinski definition) is 1. The Morgan fingerprint density at radius 3 is 2.55 bits per heavy atom. The lowest BCUT2D eigenvalue weighted by atomic mass is 9.96. The number of likely N-dealkylation sites (N-methyl/N-ethyl adjacent to an activating group) is 1. The number of aryl methyl sites for hydroxylation is 1. The van der Waals surface area contributed by atoms with Crippen LogP contribution in [0.5, 0.6) is 5.75 Å². The lowest BCUT2D eigenvalue weighted by Crippen LogP contribution is -2.43. The molecule has 5 nitrogen and oxygen atoms in total. The lowest BCUT2D eigenvalue weighted by molar-refractivity contribution is -0.134. The summed E-state index contributed by atoms with van der Waals surface area (Å²) in [4.78, 5) is 25.2. The van der Waals surface area contributed by atoms with Crippen molar-refractivity contribution in [2.75, 3.05) is 26.7 Å². The van der Waals surface area contributed by atoms with Crippen LogP contribution in [0.2, 0.25) is 0 Å². The van der Waals surface area contributed by atoms with Crippen molar-refractivity contribution < 1.29 is 14.3 Å². The third kappa shape index (κ3) is 6.16. The second-order valence-electron chi connectivity index (χ2n) is 6.41. The molecule has 0 heterocycles. The van der Waals surface area contributed by atoms with Crippen molar-refractivity contribution in [2.24, 2.45) is 5.41 Å². The minimum Gasteiger partial charge on any atom is -0.492 e. The normalized spacial score (nSPS) is 11.0. The highest BCUT2D eigenvalue weighted by atomic mass is 16.5. The third-order valence-corrected chi connectivity index (χ3v) is 3.19. The topological polar surface area (TPSA) is 58.6 Å². The maximum atomic E-state index is 11.9. The fourth-order valence-corrected chi connectivity index (χ4v) is 1.69. The molecule has 22 heavy (non-hydrogen) atoms. The van der Waals surface area contributed by atoms with Crippen LogP contribution in [0.1, 0.15) is 26.3 Å². The largest absolute Gasteiger partial charge is 0.492 e. The molecule has 0 saturated heterocycles. The van der Waals surface area contributed by atoms with Gasteiger partial charge in [0.25, 0.3) is 0 Å². The zero-order valence-corrected chi connectivity index (χ0v) is 14.1.